The molecule has 2 amide bonds. The maximum absolute atomic E-state index is 12.2. The summed E-state index contributed by atoms with van der Waals surface area (Å²) < 4.78 is 12.2. The standard InChI is InChI=1S/C20H22N4O3/c1-26-17-8-9-19(27-2)18(12-17)23-20(25)21-11-10-15-13-22-24(14-15)16-6-4-3-5-7-16/h3-9,12-14H,10-11H2,1-2H3,(H2,21,23,25). The molecule has 140 valence electrons. The lowest BCUT2D eigenvalue weighted by atomic mass is 10.2. The van der Waals surface area contributed by atoms with Crippen LogP contribution in [-0.2, 0) is 6.42 Å². The van der Waals surface area contributed by atoms with Gasteiger partial charge in [0.25, 0.3) is 0 Å². The first-order chi connectivity index (χ1) is 13.2. The van der Waals surface area contributed by atoms with Gasteiger partial charge in [-0.25, -0.2) is 9.48 Å². The monoisotopic (exact) mass is 366 g/mol. The van der Waals surface area contributed by atoms with E-state index in [4.69, 9.17) is 9.47 Å². The molecule has 7 nitrogen and oxygen atoms in total. The molecular weight excluding hydrogens is 344 g/mol. The Hall–Kier alpha value is -3.48. The van der Waals surface area contributed by atoms with Crippen molar-refractivity contribution >= 4 is 11.7 Å². The summed E-state index contributed by atoms with van der Waals surface area (Å²) in [6.07, 6.45) is 4.44. The number of methoxy groups -OCH3 is 2. The highest BCUT2D eigenvalue weighted by atomic mass is 16.5. The Kier molecular flexibility index (Phi) is 5.94. The third kappa shape index (κ3) is 4.78. The molecule has 0 aliphatic rings. The van der Waals surface area contributed by atoms with Crippen LogP contribution in [0.2, 0.25) is 0 Å². The molecule has 0 bridgehead atoms. The van der Waals surface area contributed by atoms with Gasteiger partial charge < -0.3 is 20.1 Å². The Morgan fingerprint density at radius 3 is 2.67 bits per heavy atom. The number of amides is 2. The van der Waals surface area contributed by atoms with Gasteiger partial charge in [0, 0.05) is 18.8 Å². The zero-order valence-corrected chi connectivity index (χ0v) is 15.3. The average Bonchev–Trinajstić information content (AvgIpc) is 3.17. The van der Waals surface area contributed by atoms with E-state index in [2.05, 4.69) is 15.7 Å². The van der Waals surface area contributed by atoms with Crippen molar-refractivity contribution in [1.82, 2.24) is 15.1 Å². The molecule has 2 N–H and O–H groups in total. The molecule has 7 heteroatoms. The summed E-state index contributed by atoms with van der Waals surface area (Å²) in [5, 5.41) is 9.96. The van der Waals surface area contributed by atoms with Gasteiger partial charge in [-0.05, 0) is 36.2 Å². The predicted octanol–water partition coefficient (Wildman–Crippen LogP) is 3.25. The smallest absolute Gasteiger partial charge is 0.319 e. The molecule has 0 unspecified atom stereocenters. The van der Waals surface area contributed by atoms with Crippen LogP contribution in [0.25, 0.3) is 5.69 Å². The van der Waals surface area contributed by atoms with Crippen LogP contribution in [0, 0.1) is 0 Å². The van der Waals surface area contributed by atoms with Gasteiger partial charge in [0.1, 0.15) is 11.5 Å². The van der Waals surface area contributed by atoms with Crippen molar-refractivity contribution in [2.75, 3.05) is 26.1 Å². The quantitative estimate of drug-likeness (QED) is 0.673. The Balaban J connectivity index is 1.52. The summed E-state index contributed by atoms with van der Waals surface area (Å²) in [4.78, 5) is 12.2. The van der Waals surface area contributed by atoms with Crippen LogP contribution in [-0.4, -0.2) is 36.6 Å². The minimum absolute atomic E-state index is 0.308. The van der Waals surface area contributed by atoms with Crippen molar-refractivity contribution < 1.29 is 14.3 Å². The van der Waals surface area contributed by atoms with E-state index in [1.165, 1.54) is 0 Å². The number of carbonyl (C=O) groups is 1. The van der Waals surface area contributed by atoms with Crippen LogP contribution in [0.5, 0.6) is 11.5 Å². The van der Waals surface area contributed by atoms with Gasteiger partial charge in [-0.2, -0.15) is 5.10 Å². The second kappa shape index (κ2) is 8.75. The molecule has 3 rings (SSSR count). The number of urea groups is 1. The summed E-state index contributed by atoms with van der Waals surface area (Å²) in [7, 11) is 3.12. The molecule has 0 fully saturated rings. The Morgan fingerprint density at radius 1 is 1.11 bits per heavy atom. The van der Waals surface area contributed by atoms with Crippen molar-refractivity contribution in [3.8, 4) is 17.2 Å². The first kappa shape index (κ1) is 18.3. The van der Waals surface area contributed by atoms with Gasteiger partial charge in [-0.1, -0.05) is 18.2 Å². The molecule has 0 saturated heterocycles. The number of ether oxygens (including phenoxy) is 2. The number of hydrogen-bond donors (Lipinski definition) is 2. The third-order valence-electron chi connectivity index (χ3n) is 4.01. The van der Waals surface area contributed by atoms with E-state index in [9.17, 15) is 4.79 Å². The first-order valence-electron chi connectivity index (χ1n) is 8.55. The highest BCUT2D eigenvalue weighted by Gasteiger charge is 2.09. The predicted molar refractivity (Wildman–Crippen MR) is 104 cm³/mol. The van der Waals surface area contributed by atoms with E-state index >= 15 is 0 Å². The average molecular weight is 366 g/mol. The summed E-state index contributed by atoms with van der Waals surface area (Å²) in [5.74, 6) is 1.20. The van der Waals surface area contributed by atoms with Crippen molar-refractivity contribution in [3.63, 3.8) is 0 Å². The molecule has 0 spiro atoms. The molecule has 3 aromatic rings. The lowest BCUT2D eigenvalue weighted by Gasteiger charge is -2.12. The minimum Gasteiger partial charge on any atom is -0.497 e. The number of rotatable bonds is 7. The lowest BCUT2D eigenvalue weighted by molar-refractivity contribution is 0.252. The maximum Gasteiger partial charge on any atom is 0.319 e. The van der Waals surface area contributed by atoms with Gasteiger partial charge >= 0.3 is 6.03 Å². The minimum atomic E-state index is -0.308. The number of benzene rings is 2. The molecular formula is C20H22N4O3. The van der Waals surface area contributed by atoms with Crippen LogP contribution in [0.1, 0.15) is 5.56 Å². The van der Waals surface area contributed by atoms with E-state index in [1.54, 1.807) is 38.6 Å². The molecule has 0 atom stereocenters. The zero-order valence-electron chi connectivity index (χ0n) is 15.3. The van der Waals surface area contributed by atoms with E-state index in [0.717, 1.165) is 11.3 Å². The Labute approximate surface area is 157 Å². The fourth-order valence-electron chi connectivity index (χ4n) is 2.61. The number of aromatic nitrogens is 2. The number of nitrogens with zero attached hydrogens (tertiary/aromatic N) is 2. The summed E-state index contributed by atoms with van der Waals surface area (Å²) in [6.45, 7) is 0.485. The second-order valence-electron chi connectivity index (χ2n) is 5.83. The number of carbonyl (C=O) groups excluding carboxylic acids is 1. The van der Waals surface area contributed by atoms with Crippen LogP contribution in [0.15, 0.2) is 60.9 Å². The molecule has 0 radical (unpaired) electrons. The van der Waals surface area contributed by atoms with Crippen molar-refractivity contribution in [2.45, 2.75) is 6.42 Å². The SMILES string of the molecule is COc1ccc(OC)c(NC(=O)NCCc2cnn(-c3ccccc3)c2)c1. The van der Waals surface area contributed by atoms with E-state index < -0.39 is 0 Å². The largest absolute Gasteiger partial charge is 0.497 e. The molecule has 2 aromatic carbocycles. The number of anilines is 1. The Morgan fingerprint density at radius 2 is 1.93 bits per heavy atom. The van der Waals surface area contributed by atoms with Gasteiger partial charge in [-0.3, -0.25) is 0 Å². The molecule has 1 heterocycles. The normalized spacial score (nSPS) is 10.3. The number of nitrogens with one attached hydrogen (secondary N) is 2. The molecule has 0 saturated carbocycles. The summed E-state index contributed by atoms with van der Waals surface area (Å²) in [6, 6.07) is 14.8. The van der Waals surface area contributed by atoms with E-state index in [0.29, 0.717) is 30.2 Å². The van der Waals surface area contributed by atoms with Crippen LogP contribution < -0.4 is 20.1 Å². The van der Waals surface area contributed by atoms with Gasteiger partial charge in [-0.15, -0.1) is 0 Å². The van der Waals surface area contributed by atoms with Crippen molar-refractivity contribution in [1.29, 1.82) is 0 Å². The van der Waals surface area contributed by atoms with Gasteiger partial charge in [0.2, 0.25) is 0 Å². The zero-order chi connectivity index (χ0) is 19.1. The van der Waals surface area contributed by atoms with E-state index in [-0.39, 0.29) is 6.03 Å². The topological polar surface area (TPSA) is 77.4 Å². The molecule has 27 heavy (non-hydrogen) atoms. The van der Waals surface area contributed by atoms with E-state index in [1.807, 2.05) is 41.2 Å². The van der Waals surface area contributed by atoms with Crippen molar-refractivity contribution in [2.24, 2.45) is 0 Å². The second-order valence-corrected chi connectivity index (χ2v) is 5.83. The highest BCUT2D eigenvalue weighted by Crippen LogP contribution is 2.28. The van der Waals surface area contributed by atoms with Gasteiger partial charge in [0.15, 0.2) is 0 Å². The lowest BCUT2D eigenvalue weighted by Crippen LogP contribution is -2.30. The number of para-hydroxylation sites is 1. The summed E-state index contributed by atoms with van der Waals surface area (Å²) >= 11 is 0. The Bertz CT molecular complexity index is 893. The summed E-state index contributed by atoms with van der Waals surface area (Å²) in [5.41, 5.74) is 2.59. The van der Waals surface area contributed by atoms with Crippen LogP contribution >= 0.6 is 0 Å². The fourth-order valence-corrected chi connectivity index (χ4v) is 2.61. The molecule has 0 aliphatic heterocycles. The molecule has 0 aliphatic carbocycles. The maximum atomic E-state index is 12.2. The van der Waals surface area contributed by atoms with Gasteiger partial charge in [0.05, 0.1) is 31.8 Å². The third-order valence-corrected chi connectivity index (χ3v) is 4.01. The first-order valence-corrected chi connectivity index (χ1v) is 8.55. The van der Waals surface area contributed by atoms with Crippen molar-refractivity contribution in [3.05, 3.63) is 66.5 Å². The molecule has 1 aromatic heterocycles. The highest BCUT2D eigenvalue weighted by molar-refractivity contribution is 5.91. The van der Waals surface area contributed by atoms with Crippen LogP contribution in [0.4, 0.5) is 10.5 Å². The van der Waals surface area contributed by atoms with Crippen LogP contribution in [0.3, 0.4) is 0 Å². The fraction of sp³-hybridized carbons (Fsp3) is 0.200. The number of hydrogen-bond acceptors (Lipinski definition) is 4.